The van der Waals surface area contributed by atoms with Gasteiger partial charge in [0.25, 0.3) is 0 Å². The number of nitrogens with one attached hydrogen (secondary N) is 1. The van der Waals surface area contributed by atoms with Crippen LogP contribution in [0.1, 0.15) is 19.3 Å². The Morgan fingerprint density at radius 1 is 1.29 bits per heavy atom. The number of benzene rings is 1. The minimum atomic E-state index is -0.0372. The van der Waals surface area contributed by atoms with Crippen LogP contribution >= 0.6 is 27.3 Å². The molecule has 1 aliphatic rings. The molecule has 0 aliphatic carbocycles. The molecule has 2 aromatic rings. The molecule has 2 amide bonds. The van der Waals surface area contributed by atoms with Crippen molar-refractivity contribution in [2.45, 2.75) is 19.3 Å². The zero-order chi connectivity index (χ0) is 14.7. The van der Waals surface area contributed by atoms with E-state index in [1.165, 1.54) is 17.8 Å². The number of piperidine rings is 1. The molecule has 1 N–H and O–H groups in total. The highest BCUT2D eigenvalue weighted by Gasteiger charge is 2.17. The molecule has 1 aliphatic heterocycles. The third-order valence-electron chi connectivity index (χ3n) is 3.48. The summed E-state index contributed by atoms with van der Waals surface area (Å²) in [4.78, 5) is 18.5. The predicted molar refractivity (Wildman–Crippen MR) is 89.7 cm³/mol. The van der Waals surface area contributed by atoms with Crippen molar-refractivity contribution in [3.05, 3.63) is 34.1 Å². The Kier molecular flexibility index (Phi) is 4.55. The molecule has 3 rings (SSSR count). The summed E-state index contributed by atoms with van der Waals surface area (Å²) in [5.41, 5.74) is 1.93. The number of rotatable bonds is 2. The van der Waals surface area contributed by atoms with E-state index in [4.69, 9.17) is 0 Å². The molecule has 2 heterocycles. The number of urea groups is 1. The molecule has 0 bridgehead atoms. The number of nitrogens with zero attached hydrogens (tertiary/aromatic N) is 2. The highest BCUT2D eigenvalue weighted by molar-refractivity contribution is 9.10. The molecule has 1 aromatic heterocycles. The molecular formula is C15H16BrN3OS. The first-order valence-electron chi connectivity index (χ1n) is 7.00. The summed E-state index contributed by atoms with van der Waals surface area (Å²) in [5, 5.41) is 5.52. The van der Waals surface area contributed by atoms with Gasteiger partial charge in [0, 0.05) is 28.5 Å². The van der Waals surface area contributed by atoms with E-state index in [0.29, 0.717) is 5.13 Å². The molecule has 110 valence electrons. The predicted octanol–water partition coefficient (Wildman–Crippen LogP) is 4.59. The van der Waals surface area contributed by atoms with E-state index in [9.17, 15) is 4.79 Å². The summed E-state index contributed by atoms with van der Waals surface area (Å²) in [6.07, 6.45) is 3.40. The van der Waals surface area contributed by atoms with Crippen molar-refractivity contribution in [3.8, 4) is 11.3 Å². The van der Waals surface area contributed by atoms with Crippen LogP contribution < -0.4 is 5.32 Å². The molecule has 6 heteroatoms. The zero-order valence-corrected chi connectivity index (χ0v) is 13.9. The molecule has 1 fully saturated rings. The van der Waals surface area contributed by atoms with E-state index in [0.717, 1.165) is 41.7 Å². The number of hydrogen-bond donors (Lipinski definition) is 1. The van der Waals surface area contributed by atoms with Crippen molar-refractivity contribution in [1.29, 1.82) is 0 Å². The van der Waals surface area contributed by atoms with Crippen LogP contribution in [-0.2, 0) is 0 Å². The van der Waals surface area contributed by atoms with Gasteiger partial charge in [-0.05, 0) is 31.4 Å². The Hall–Kier alpha value is -1.40. The van der Waals surface area contributed by atoms with Crippen LogP contribution in [0.5, 0.6) is 0 Å². The van der Waals surface area contributed by atoms with Gasteiger partial charge in [-0.3, -0.25) is 5.32 Å². The fourth-order valence-electron chi connectivity index (χ4n) is 2.38. The Bertz CT molecular complexity index is 637. The van der Waals surface area contributed by atoms with Gasteiger partial charge in [-0.15, -0.1) is 11.3 Å². The maximum atomic E-state index is 12.1. The minimum absolute atomic E-state index is 0.0372. The van der Waals surface area contributed by atoms with Crippen LogP contribution in [0.2, 0.25) is 0 Å². The first-order chi connectivity index (χ1) is 10.2. The Labute approximate surface area is 136 Å². The highest BCUT2D eigenvalue weighted by atomic mass is 79.9. The lowest BCUT2D eigenvalue weighted by molar-refractivity contribution is 0.200. The number of amides is 2. The normalized spacial score (nSPS) is 15.0. The number of anilines is 1. The first-order valence-corrected chi connectivity index (χ1v) is 8.67. The second-order valence-corrected chi connectivity index (χ2v) is 6.80. The monoisotopic (exact) mass is 365 g/mol. The lowest BCUT2D eigenvalue weighted by atomic mass is 10.1. The van der Waals surface area contributed by atoms with Crippen molar-refractivity contribution < 1.29 is 4.79 Å². The molecular weight excluding hydrogens is 350 g/mol. The number of carbonyl (C=O) groups is 1. The topological polar surface area (TPSA) is 45.2 Å². The standard InChI is InChI=1S/C15H16BrN3OS/c16-12-6-4-5-11(9-12)13-10-21-14(17-13)18-15(20)19-7-2-1-3-8-19/h4-6,9-10H,1-3,7-8H2,(H,17,18,20). The van der Waals surface area contributed by atoms with Gasteiger partial charge in [0.2, 0.25) is 0 Å². The van der Waals surface area contributed by atoms with E-state index in [-0.39, 0.29) is 6.03 Å². The van der Waals surface area contributed by atoms with E-state index in [1.807, 2.05) is 34.5 Å². The molecule has 4 nitrogen and oxygen atoms in total. The average molecular weight is 366 g/mol. The van der Waals surface area contributed by atoms with Crippen LogP contribution in [0.4, 0.5) is 9.93 Å². The number of halogens is 1. The second kappa shape index (κ2) is 6.58. The largest absolute Gasteiger partial charge is 0.324 e. The molecule has 1 aromatic carbocycles. The average Bonchev–Trinajstić information content (AvgIpc) is 2.97. The maximum absolute atomic E-state index is 12.1. The SMILES string of the molecule is O=C(Nc1nc(-c2cccc(Br)c2)cs1)N1CCCCC1. The second-order valence-electron chi connectivity index (χ2n) is 5.03. The number of thiazole rings is 1. The molecule has 0 saturated carbocycles. The summed E-state index contributed by atoms with van der Waals surface area (Å²) in [7, 11) is 0. The van der Waals surface area contributed by atoms with Crippen LogP contribution in [-0.4, -0.2) is 29.0 Å². The van der Waals surface area contributed by atoms with E-state index >= 15 is 0 Å². The van der Waals surface area contributed by atoms with Gasteiger partial charge in [-0.1, -0.05) is 28.1 Å². The van der Waals surface area contributed by atoms with Gasteiger partial charge < -0.3 is 4.90 Å². The van der Waals surface area contributed by atoms with Gasteiger partial charge in [0.05, 0.1) is 5.69 Å². The summed E-state index contributed by atoms with van der Waals surface area (Å²) in [6.45, 7) is 1.69. The number of carbonyl (C=O) groups excluding carboxylic acids is 1. The minimum Gasteiger partial charge on any atom is -0.324 e. The fourth-order valence-corrected chi connectivity index (χ4v) is 3.49. The molecule has 1 saturated heterocycles. The van der Waals surface area contributed by atoms with Crippen LogP contribution in [0.15, 0.2) is 34.1 Å². The van der Waals surface area contributed by atoms with Gasteiger partial charge in [0.1, 0.15) is 0 Å². The van der Waals surface area contributed by atoms with Crippen molar-refractivity contribution in [2.75, 3.05) is 18.4 Å². The van der Waals surface area contributed by atoms with Crippen molar-refractivity contribution in [3.63, 3.8) is 0 Å². The summed E-state index contributed by atoms with van der Waals surface area (Å²) in [6, 6.07) is 7.95. The van der Waals surface area contributed by atoms with Gasteiger partial charge in [0.15, 0.2) is 5.13 Å². The molecule has 0 unspecified atom stereocenters. The smallest absolute Gasteiger partial charge is 0.323 e. The van der Waals surface area contributed by atoms with Crippen molar-refractivity contribution in [2.24, 2.45) is 0 Å². The van der Waals surface area contributed by atoms with E-state index in [1.54, 1.807) is 0 Å². The molecule has 21 heavy (non-hydrogen) atoms. The van der Waals surface area contributed by atoms with E-state index < -0.39 is 0 Å². The molecule has 0 spiro atoms. The van der Waals surface area contributed by atoms with Crippen LogP contribution in [0, 0.1) is 0 Å². The lowest BCUT2D eigenvalue weighted by Crippen LogP contribution is -2.38. The first kappa shape index (κ1) is 14.5. The summed E-state index contributed by atoms with van der Waals surface area (Å²) < 4.78 is 1.02. The lowest BCUT2D eigenvalue weighted by Gasteiger charge is -2.26. The molecule has 0 radical (unpaired) electrons. The molecule has 0 atom stereocenters. The van der Waals surface area contributed by atoms with Gasteiger partial charge in [-0.25, -0.2) is 9.78 Å². The number of aromatic nitrogens is 1. The zero-order valence-electron chi connectivity index (χ0n) is 11.5. The van der Waals surface area contributed by atoms with Crippen molar-refractivity contribution in [1.82, 2.24) is 9.88 Å². The van der Waals surface area contributed by atoms with Crippen molar-refractivity contribution >= 4 is 38.4 Å². The number of hydrogen-bond acceptors (Lipinski definition) is 3. The highest BCUT2D eigenvalue weighted by Crippen LogP contribution is 2.27. The number of likely N-dealkylation sites (tertiary alicyclic amines) is 1. The third kappa shape index (κ3) is 3.63. The Morgan fingerprint density at radius 2 is 2.10 bits per heavy atom. The maximum Gasteiger partial charge on any atom is 0.323 e. The third-order valence-corrected chi connectivity index (χ3v) is 4.73. The van der Waals surface area contributed by atoms with Gasteiger partial charge in [-0.2, -0.15) is 0 Å². The quantitative estimate of drug-likeness (QED) is 0.845. The van der Waals surface area contributed by atoms with Gasteiger partial charge >= 0.3 is 6.03 Å². The Balaban J connectivity index is 1.69. The Morgan fingerprint density at radius 3 is 2.86 bits per heavy atom. The fraction of sp³-hybridized carbons (Fsp3) is 0.333. The van der Waals surface area contributed by atoms with Crippen LogP contribution in [0.25, 0.3) is 11.3 Å². The summed E-state index contributed by atoms with van der Waals surface area (Å²) in [5.74, 6) is 0. The van der Waals surface area contributed by atoms with Crippen LogP contribution in [0.3, 0.4) is 0 Å². The summed E-state index contributed by atoms with van der Waals surface area (Å²) >= 11 is 4.92. The van der Waals surface area contributed by atoms with E-state index in [2.05, 4.69) is 26.2 Å².